The molecule has 0 bridgehead atoms. The predicted octanol–water partition coefficient (Wildman–Crippen LogP) is 1.90. The molecule has 0 aromatic heterocycles. The van der Waals surface area contributed by atoms with Crippen molar-refractivity contribution in [3.63, 3.8) is 0 Å². The average molecular weight is 229 g/mol. The molecule has 96 valence electrons. The minimum absolute atomic E-state index is 0.137. The molecule has 1 atom stereocenters. The minimum atomic E-state index is 0.137. The molecule has 0 aliphatic carbocycles. The Labute approximate surface area is 99.8 Å². The van der Waals surface area contributed by atoms with Gasteiger partial charge in [-0.2, -0.15) is 0 Å². The first kappa shape index (κ1) is 13.9. The molecular formula is C13H27NO2. The van der Waals surface area contributed by atoms with Crippen LogP contribution >= 0.6 is 0 Å². The number of nitrogens with zero attached hydrogens (tertiary/aromatic N) is 1. The Kier molecular flexibility index (Phi) is 7.81. The standard InChI is InChI=1S/C13H27NO2/c1-2-4-13-5-3-7-14(8-6-13)9-11-16-12-10-15/h13,15H,2-12H2,1H3. The molecule has 1 unspecified atom stereocenters. The second kappa shape index (κ2) is 8.97. The molecule has 1 N–H and O–H groups in total. The first-order valence-corrected chi connectivity index (χ1v) is 6.77. The maximum Gasteiger partial charge on any atom is 0.0698 e. The quantitative estimate of drug-likeness (QED) is 0.677. The van der Waals surface area contributed by atoms with Crippen LogP contribution in [-0.2, 0) is 4.74 Å². The van der Waals surface area contributed by atoms with Gasteiger partial charge in [0.05, 0.1) is 19.8 Å². The van der Waals surface area contributed by atoms with Crippen molar-refractivity contribution in [2.45, 2.75) is 39.0 Å². The SMILES string of the molecule is CCCC1CCCN(CCOCCO)CC1. The van der Waals surface area contributed by atoms with Gasteiger partial charge >= 0.3 is 0 Å². The van der Waals surface area contributed by atoms with E-state index in [2.05, 4.69) is 11.8 Å². The van der Waals surface area contributed by atoms with E-state index in [1.54, 1.807) is 0 Å². The zero-order valence-corrected chi connectivity index (χ0v) is 10.7. The van der Waals surface area contributed by atoms with Crippen LogP contribution in [0.5, 0.6) is 0 Å². The maximum atomic E-state index is 8.60. The van der Waals surface area contributed by atoms with Crippen LogP contribution < -0.4 is 0 Å². The summed E-state index contributed by atoms with van der Waals surface area (Å²) < 4.78 is 5.31. The number of likely N-dealkylation sites (tertiary alicyclic amines) is 1. The number of aliphatic hydroxyl groups excluding tert-OH is 1. The summed E-state index contributed by atoms with van der Waals surface area (Å²) in [5, 5.41) is 8.60. The van der Waals surface area contributed by atoms with E-state index >= 15 is 0 Å². The summed E-state index contributed by atoms with van der Waals surface area (Å²) in [7, 11) is 0. The molecular weight excluding hydrogens is 202 g/mol. The van der Waals surface area contributed by atoms with Gasteiger partial charge in [0.1, 0.15) is 0 Å². The Morgan fingerprint density at radius 3 is 2.88 bits per heavy atom. The van der Waals surface area contributed by atoms with Crippen LogP contribution in [0.1, 0.15) is 39.0 Å². The highest BCUT2D eigenvalue weighted by Gasteiger charge is 2.15. The van der Waals surface area contributed by atoms with Crippen molar-refractivity contribution in [1.82, 2.24) is 4.90 Å². The molecule has 0 radical (unpaired) electrons. The lowest BCUT2D eigenvalue weighted by atomic mass is 9.96. The highest BCUT2D eigenvalue weighted by molar-refractivity contribution is 4.69. The third kappa shape index (κ3) is 5.83. The van der Waals surface area contributed by atoms with Crippen LogP contribution in [-0.4, -0.2) is 49.5 Å². The van der Waals surface area contributed by atoms with Crippen LogP contribution in [0, 0.1) is 5.92 Å². The molecule has 0 aromatic rings. The number of aliphatic hydroxyl groups is 1. The molecule has 0 aromatic carbocycles. The van der Waals surface area contributed by atoms with Crippen LogP contribution in [0.2, 0.25) is 0 Å². The van der Waals surface area contributed by atoms with Gasteiger partial charge in [0.15, 0.2) is 0 Å². The van der Waals surface area contributed by atoms with Gasteiger partial charge in [0, 0.05) is 6.54 Å². The molecule has 1 aliphatic heterocycles. The van der Waals surface area contributed by atoms with Crippen molar-refractivity contribution in [2.24, 2.45) is 5.92 Å². The summed E-state index contributed by atoms with van der Waals surface area (Å²) in [6.45, 7) is 7.14. The lowest BCUT2D eigenvalue weighted by Gasteiger charge is -2.19. The van der Waals surface area contributed by atoms with Gasteiger partial charge in [0.25, 0.3) is 0 Å². The van der Waals surface area contributed by atoms with E-state index in [-0.39, 0.29) is 6.61 Å². The van der Waals surface area contributed by atoms with E-state index in [1.807, 2.05) is 0 Å². The van der Waals surface area contributed by atoms with Crippen molar-refractivity contribution in [2.75, 3.05) is 39.5 Å². The molecule has 0 amide bonds. The molecule has 1 rings (SSSR count). The average Bonchev–Trinajstić information content (AvgIpc) is 2.51. The topological polar surface area (TPSA) is 32.7 Å². The molecule has 1 aliphatic rings. The highest BCUT2D eigenvalue weighted by Crippen LogP contribution is 2.21. The molecule has 16 heavy (non-hydrogen) atoms. The smallest absolute Gasteiger partial charge is 0.0698 e. The van der Waals surface area contributed by atoms with Crippen molar-refractivity contribution in [1.29, 1.82) is 0 Å². The second-order valence-corrected chi connectivity index (χ2v) is 4.76. The Hall–Kier alpha value is -0.120. The molecule has 3 nitrogen and oxygen atoms in total. The Bertz CT molecular complexity index is 164. The van der Waals surface area contributed by atoms with Gasteiger partial charge in [-0.3, -0.25) is 0 Å². The summed E-state index contributed by atoms with van der Waals surface area (Å²) in [4.78, 5) is 2.51. The molecule has 1 heterocycles. The second-order valence-electron chi connectivity index (χ2n) is 4.76. The zero-order valence-electron chi connectivity index (χ0n) is 10.7. The van der Waals surface area contributed by atoms with Crippen molar-refractivity contribution in [3.05, 3.63) is 0 Å². The number of hydrogen-bond acceptors (Lipinski definition) is 3. The molecule has 0 saturated carbocycles. The minimum Gasteiger partial charge on any atom is -0.394 e. The molecule has 1 fully saturated rings. The number of hydrogen-bond donors (Lipinski definition) is 1. The van der Waals surface area contributed by atoms with Crippen LogP contribution in [0.25, 0.3) is 0 Å². The number of ether oxygens (including phenoxy) is 1. The van der Waals surface area contributed by atoms with Crippen molar-refractivity contribution >= 4 is 0 Å². The lowest BCUT2D eigenvalue weighted by molar-refractivity contribution is 0.0741. The normalized spacial score (nSPS) is 23.2. The Balaban J connectivity index is 2.10. The van der Waals surface area contributed by atoms with Crippen molar-refractivity contribution < 1.29 is 9.84 Å². The fourth-order valence-electron chi connectivity index (χ4n) is 2.51. The molecule has 1 saturated heterocycles. The monoisotopic (exact) mass is 229 g/mol. The lowest BCUT2D eigenvalue weighted by Crippen LogP contribution is -2.29. The van der Waals surface area contributed by atoms with E-state index in [0.29, 0.717) is 6.61 Å². The van der Waals surface area contributed by atoms with E-state index in [0.717, 1.165) is 19.1 Å². The third-order valence-electron chi connectivity index (χ3n) is 3.42. The predicted molar refractivity (Wildman–Crippen MR) is 66.6 cm³/mol. The summed E-state index contributed by atoms with van der Waals surface area (Å²) in [6, 6.07) is 0. The zero-order chi connectivity index (χ0) is 11.6. The molecule has 3 heteroatoms. The fraction of sp³-hybridized carbons (Fsp3) is 1.00. The van der Waals surface area contributed by atoms with Crippen LogP contribution in [0.4, 0.5) is 0 Å². The summed E-state index contributed by atoms with van der Waals surface area (Å²) in [5.41, 5.74) is 0. The van der Waals surface area contributed by atoms with Gasteiger partial charge in [-0.1, -0.05) is 19.8 Å². The van der Waals surface area contributed by atoms with E-state index in [9.17, 15) is 0 Å². The van der Waals surface area contributed by atoms with Gasteiger partial charge in [-0.15, -0.1) is 0 Å². The van der Waals surface area contributed by atoms with Gasteiger partial charge in [-0.05, 0) is 38.3 Å². The Morgan fingerprint density at radius 1 is 1.25 bits per heavy atom. The fourth-order valence-corrected chi connectivity index (χ4v) is 2.51. The van der Waals surface area contributed by atoms with E-state index in [1.165, 1.54) is 45.2 Å². The van der Waals surface area contributed by atoms with Gasteiger partial charge < -0.3 is 14.7 Å². The van der Waals surface area contributed by atoms with Gasteiger partial charge in [0.2, 0.25) is 0 Å². The first-order valence-electron chi connectivity index (χ1n) is 6.77. The first-order chi connectivity index (χ1) is 7.86. The third-order valence-corrected chi connectivity index (χ3v) is 3.42. The van der Waals surface area contributed by atoms with E-state index in [4.69, 9.17) is 9.84 Å². The summed E-state index contributed by atoms with van der Waals surface area (Å²) in [5.74, 6) is 0.952. The van der Waals surface area contributed by atoms with Crippen LogP contribution in [0.3, 0.4) is 0 Å². The Morgan fingerprint density at radius 2 is 2.12 bits per heavy atom. The largest absolute Gasteiger partial charge is 0.394 e. The molecule has 0 spiro atoms. The number of rotatable bonds is 7. The van der Waals surface area contributed by atoms with Crippen molar-refractivity contribution in [3.8, 4) is 0 Å². The summed E-state index contributed by atoms with van der Waals surface area (Å²) >= 11 is 0. The summed E-state index contributed by atoms with van der Waals surface area (Å²) in [6.07, 6.45) is 6.82. The maximum absolute atomic E-state index is 8.60. The van der Waals surface area contributed by atoms with Gasteiger partial charge in [-0.25, -0.2) is 0 Å². The van der Waals surface area contributed by atoms with Crippen LogP contribution in [0.15, 0.2) is 0 Å². The highest BCUT2D eigenvalue weighted by atomic mass is 16.5. The van der Waals surface area contributed by atoms with E-state index < -0.39 is 0 Å².